The Labute approximate surface area is 209 Å². The summed E-state index contributed by atoms with van der Waals surface area (Å²) in [6, 6.07) is 21.3. The van der Waals surface area contributed by atoms with Crippen molar-refractivity contribution in [1.82, 2.24) is 9.55 Å². The lowest BCUT2D eigenvalue weighted by Crippen LogP contribution is -2.00. The number of carbonyl (C=O) groups is 1. The van der Waals surface area contributed by atoms with Crippen molar-refractivity contribution in [2.24, 2.45) is 4.99 Å². The van der Waals surface area contributed by atoms with Gasteiger partial charge < -0.3 is 19.4 Å². The Morgan fingerprint density at radius 3 is 2.66 bits per heavy atom. The number of allylic oxidation sites excluding steroid dienone is 1. The molecule has 35 heavy (non-hydrogen) atoms. The van der Waals surface area contributed by atoms with Crippen molar-refractivity contribution >= 4 is 54.9 Å². The zero-order valence-electron chi connectivity index (χ0n) is 18.7. The summed E-state index contributed by atoms with van der Waals surface area (Å²) < 4.78 is 8.02. The molecule has 0 spiro atoms. The Bertz CT molecular complexity index is 1690. The van der Waals surface area contributed by atoms with Crippen molar-refractivity contribution in [3.63, 3.8) is 0 Å². The van der Waals surface area contributed by atoms with Crippen LogP contribution in [0.3, 0.4) is 0 Å². The van der Waals surface area contributed by atoms with E-state index in [2.05, 4.69) is 25.9 Å². The molecular weight excluding hydrogens is 506 g/mol. The Hall–Kier alpha value is -4.10. The molecule has 1 aliphatic heterocycles. The number of aromatic hydroxyl groups is 1. The van der Waals surface area contributed by atoms with Gasteiger partial charge in [0, 0.05) is 32.5 Å². The number of methoxy groups -OCH3 is 1. The third kappa shape index (κ3) is 3.56. The number of rotatable bonds is 5. The number of nitrogens with zero attached hydrogens (tertiary/aromatic N) is 2. The van der Waals surface area contributed by atoms with Crippen molar-refractivity contribution in [2.45, 2.75) is 6.54 Å². The molecule has 1 amide bonds. The molecule has 6 nitrogen and oxygen atoms in total. The number of hydrogen-bond donors (Lipinski definition) is 2. The minimum Gasteiger partial charge on any atom is -0.497 e. The summed E-state index contributed by atoms with van der Waals surface area (Å²) in [5.41, 5.74) is 5.09. The number of nitrogens with one attached hydrogen (secondary N) is 1. The summed E-state index contributed by atoms with van der Waals surface area (Å²) >= 11 is 3.52. The summed E-state index contributed by atoms with van der Waals surface area (Å²) in [6.45, 7) is 0.446. The fourth-order valence-corrected chi connectivity index (χ4v) is 5.01. The van der Waals surface area contributed by atoms with Crippen LogP contribution in [0.5, 0.6) is 11.6 Å². The minimum atomic E-state index is -0.369. The number of para-hydroxylation sites is 1. The van der Waals surface area contributed by atoms with Crippen molar-refractivity contribution < 1.29 is 14.6 Å². The number of carbonyl (C=O) groups excluding carboxylic acids is 1. The Morgan fingerprint density at radius 1 is 1.06 bits per heavy atom. The first-order valence-corrected chi connectivity index (χ1v) is 11.9. The van der Waals surface area contributed by atoms with E-state index in [-0.39, 0.29) is 11.8 Å². The van der Waals surface area contributed by atoms with Crippen LogP contribution >= 0.6 is 15.9 Å². The Morgan fingerprint density at radius 2 is 1.86 bits per heavy atom. The summed E-state index contributed by atoms with van der Waals surface area (Å²) in [7, 11) is 1.63. The van der Waals surface area contributed by atoms with E-state index in [4.69, 9.17) is 4.74 Å². The average Bonchev–Trinajstić information content (AvgIpc) is 3.53. The van der Waals surface area contributed by atoms with Crippen molar-refractivity contribution in [1.29, 1.82) is 0 Å². The van der Waals surface area contributed by atoms with Gasteiger partial charge in [-0.15, -0.1) is 0 Å². The SMILES string of the molecule is COc1ccc(Cn2c(O)c(C3=CC(c4c[nH]c5ccc(Br)cc45)=NC3=O)c3ccccc32)cc1. The molecule has 0 unspecified atom stereocenters. The van der Waals surface area contributed by atoms with Crippen LogP contribution in [0, 0.1) is 0 Å². The number of ether oxygens (including phenoxy) is 1. The number of aliphatic imine (C=N–C) groups is 1. The van der Waals surface area contributed by atoms with Gasteiger partial charge in [0.15, 0.2) is 0 Å². The smallest absolute Gasteiger partial charge is 0.278 e. The molecule has 6 rings (SSSR count). The van der Waals surface area contributed by atoms with Gasteiger partial charge in [-0.05, 0) is 48.0 Å². The monoisotopic (exact) mass is 525 g/mol. The topological polar surface area (TPSA) is 79.6 Å². The van der Waals surface area contributed by atoms with E-state index in [0.29, 0.717) is 23.4 Å². The second-order valence-corrected chi connectivity index (χ2v) is 9.32. The van der Waals surface area contributed by atoms with Crippen molar-refractivity contribution in [3.8, 4) is 11.6 Å². The highest BCUT2D eigenvalue weighted by atomic mass is 79.9. The number of H-pyrrole nitrogens is 1. The van der Waals surface area contributed by atoms with Gasteiger partial charge in [-0.3, -0.25) is 4.79 Å². The van der Waals surface area contributed by atoms with Crippen LogP contribution in [-0.2, 0) is 11.3 Å². The van der Waals surface area contributed by atoms with Gasteiger partial charge in [-0.25, -0.2) is 4.99 Å². The van der Waals surface area contributed by atoms with Gasteiger partial charge in [-0.2, -0.15) is 0 Å². The van der Waals surface area contributed by atoms with Crippen LogP contribution in [0.1, 0.15) is 16.7 Å². The van der Waals surface area contributed by atoms with E-state index in [1.165, 1.54) is 0 Å². The fourth-order valence-electron chi connectivity index (χ4n) is 4.65. The average molecular weight is 526 g/mol. The van der Waals surface area contributed by atoms with E-state index in [9.17, 15) is 9.90 Å². The lowest BCUT2D eigenvalue weighted by Gasteiger charge is -2.08. The van der Waals surface area contributed by atoms with E-state index < -0.39 is 0 Å². The van der Waals surface area contributed by atoms with E-state index in [1.54, 1.807) is 13.2 Å². The summed E-state index contributed by atoms with van der Waals surface area (Å²) in [5, 5.41) is 13.1. The molecule has 0 fully saturated rings. The second-order valence-electron chi connectivity index (χ2n) is 8.40. The van der Waals surface area contributed by atoms with Crippen LogP contribution in [-0.4, -0.2) is 33.4 Å². The molecule has 0 aliphatic carbocycles. The quantitative estimate of drug-likeness (QED) is 0.292. The normalized spacial score (nSPS) is 13.5. The van der Waals surface area contributed by atoms with Gasteiger partial charge in [0.05, 0.1) is 36.0 Å². The summed E-state index contributed by atoms with van der Waals surface area (Å²) in [6.07, 6.45) is 3.63. The molecule has 7 heteroatoms. The van der Waals surface area contributed by atoms with Crippen molar-refractivity contribution in [2.75, 3.05) is 7.11 Å². The van der Waals surface area contributed by atoms with Gasteiger partial charge in [0.2, 0.25) is 5.88 Å². The van der Waals surface area contributed by atoms with E-state index >= 15 is 0 Å². The summed E-state index contributed by atoms with van der Waals surface area (Å²) in [4.78, 5) is 20.7. The number of aromatic amines is 1. The minimum absolute atomic E-state index is 0.0414. The van der Waals surface area contributed by atoms with Gasteiger partial charge >= 0.3 is 0 Å². The molecule has 0 saturated carbocycles. The molecule has 172 valence electrons. The number of fused-ring (bicyclic) bond motifs is 2. The highest BCUT2D eigenvalue weighted by Gasteiger charge is 2.28. The third-order valence-corrected chi connectivity index (χ3v) is 6.86. The van der Waals surface area contributed by atoms with Crippen molar-refractivity contribution in [3.05, 3.63) is 100 Å². The summed E-state index contributed by atoms with van der Waals surface area (Å²) in [5.74, 6) is 0.443. The predicted octanol–water partition coefficient (Wildman–Crippen LogP) is 6.06. The van der Waals surface area contributed by atoms with Crippen LogP contribution < -0.4 is 4.74 Å². The number of benzene rings is 3. The molecule has 1 aliphatic rings. The number of hydrogen-bond acceptors (Lipinski definition) is 3. The van der Waals surface area contributed by atoms with Gasteiger partial charge in [0.25, 0.3) is 5.91 Å². The Kier molecular flexibility index (Phi) is 5.07. The predicted molar refractivity (Wildman–Crippen MR) is 141 cm³/mol. The molecule has 0 saturated heterocycles. The lowest BCUT2D eigenvalue weighted by molar-refractivity contribution is -0.112. The molecule has 0 radical (unpaired) electrons. The highest BCUT2D eigenvalue weighted by Crippen LogP contribution is 2.39. The molecular formula is C28H20BrN3O3. The molecule has 0 bridgehead atoms. The van der Waals surface area contributed by atoms with Gasteiger partial charge in [-0.1, -0.05) is 46.3 Å². The molecule has 0 atom stereocenters. The molecule has 2 aromatic heterocycles. The first-order valence-electron chi connectivity index (χ1n) is 11.1. The van der Waals surface area contributed by atoms with Gasteiger partial charge in [0.1, 0.15) is 5.75 Å². The van der Waals surface area contributed by atoms with E-state index in [1.807, 2.05) is 77.5 Å². The molecule has 3 heterocycles. The first-order chi connectivity index (χ1) is 17.0. The third-order valence-electron chi connectivity index (χ3n) is 6.37. The zero-order valence-corrected chi connectivity index (χ0v) is 20.3. The number of aromatic nitrogens is 2. The highest BCUT2D eigenvalue weighted by molar-refractivity contribution is 9.10. The first kappa shape index (κ1) is 21.4. The molecule has 3 aromatic carbocycles. The molecule has 5 aromatic rings. The van der Waals surface area contributed by atoms with E-state index in [0.717, 1.165) is 43.2 Å². The maximum absolute atomic E-state index is 13.1. The van der Waals surface area contributed by atoms with Crippen LogP contribution in [0.4, 0.5) is 0 Å². The number of amides is 1. The lowest BCUT2D eigenvalue weighted by atomic mass is 10.0. The standard InChI is InChI=1S/C28H20BrN3O3/c1-35-18-9-6-16(7-10-18)15-32-25-5-3-2-4-19(25)26(28(32)34)21-13-24(31-27(21)33)22-14-30-23-11-8-17(29)12-20(22)23/h2-14,30,34H,15H2,1H3. The maximum Gasteiger partial charge on any atom is 0.278 e. The second kappa shape index (κ2) is 8.29. The maximum atomic E-state index is 13.1. The Balaban J connectivity index is 1.45. The number of halogens is 1. The van der Waals surface area contributed by atoms with Crippen LogP contribution in [0.15, 0.2) is 88.5 Å². The van der Waals surface area contributed by atoms with Crippen LogP contribution in [0.25, 0.3) is 27.4 Å². The van der Waals surface area contributed by atoms with Crippen LogP contribution in [0.2, 0.25) is 0 Å². The largest absolute Gasteiger partial charge is 0.497 e. The fraction of sp³-hybridized carbons (Fsp3) is 0.0714. The zero-order chi connectivity index (χ0) is 24.1. The molecule has 2 N–H and O–H groups in total.